The number of benzene rings is 2. The lowest BCUT2D eigenvalue weighted by molar-refractivity contribution is -0.385. The maximum absolute atomic E-state index is 12.3. The molecule has 0 aliphatic heterocycles. The summed E-state index contributed by atoms with van der Waals surface area (Å²) in [4.78, 5) is 23.3. The van der Waals surface area contributed by atoms with Crippen molar-refractivity contribution in [2.75, 3.05) is 11.6 Å². The highest BCUT2D eigenvalue weighted by Crippen LogP contribution is 2.27. The largest absolute Gasteiger partial charge is 0.573 e. The molecule has 0 aliphatic carbocycles. The zero-order valence-corrected chi connectivity index (χ0v) is 13.5. The van der Waals surface area contributed by atoms with Gasteiger partial charge in [-0.05, 0) is 42.7 Å². The molecule has 0 bridgehead atoms. The number of ether oxygens (including phenoxy) is 1. The van der Waals surface area contributed by atoms with Gasteiger partial charge in [-0.2, -0.15) is 0 Å². The zero-order valence-electron chi connectivity index (χ0n) is 12.7. The van der Waals surface area contributed by atoms with Crippen LogP contribution in [0.5, 0.6) is 5.75 Å². The Kier molecular flexibility index (Phi) is 5.52. The number of thioether (sulfide) groups is 1. The summed E-state index contributed by atoms with van der Waals surface area (Å²) < 4.78 is 40.0. The first kappa shape index (κ1) is 18.6. The average Bonchev–Trinajstić information content (AvgIpc) is 2.54. The van der Waals surface area contributed by atoms with Gasteiger partial charge in [-0.1, -0.05) is 0 Å². The fourth-order valence-corrected chi connectivity index (χ4v) is 2.36. The molecule has 0 saturated heterocycles. The topological polar surface area (TPSA) is 81.5 Å². The Bertz CT molecular complexity index is 794. The average molecular weight is 372 g/mol. The second kappa shape index (κ2) is 7.43. The molecule has 0 spiro atoms. The minimum absolute atomic E-state index is 0.146. The Morgan fingerprint density at radius 3 is 2.36 bits per heavy atom. The van der Waals surface area contributed by atoms with E-state index in [1.54, 1.807) is 6.26 Å². The number of halogens is 3. The van der Waals surface area contributed by atoms with Crippen molar-refractivity contribution >= 4 is 29.0 Å². The van der Waals surface area contributed by atoms with Gasteiger partial charge in [0.15, 0.2) is 0 Å². The lowest BCUT2D eigenvalue weighted by Crippen LogP contribution is -2.17. The van der Waals surface area contributed by atoms with Crippen LogP contribution in [0.1, 0.15) is 10.4 Å². The number of rotatable bonds is 5. The number of carbonyl (C=O) groups is 1. The van der Waals surface area contributed by atoms with Crippen LogP contribution in [0.4, 0.5) is 24.5 Å². The summed E-state index contributed by atoms with van der Waals surface area (Å²) in [5.74, 6) is -1.19. The minimum Gasteiger partial charge on any atom is -0.406 e. The highest BCUT2D eigenvalue weighted by molar-refractivity contribution is 7.98. The summed E-state index contributed by atoms with van der Waals surface area (Å²) in [6, 6.07) is 8.56. The third-order valence-corrected chi connectivity index (χ3v) is 3.72. The number of nitro groups is 1. The summed E-state index contributed by atoms with van der Waals surface area (Å²) in [6.45, 7) is 0. The zero-order chi connectivity index (χ0) is 18.6. The predicted molar refractivity (Wildman–Crippen MR) is 86.0 cm³/mol. The van der Waals surface area contributed by atoms with E-state index < -0.39 is 22.9 Å². The maximum atomic E-state index is 12.3. The smallest absolute Gasteiger partial charge is 0.406 e. The number of nitrogens with zero attached hydrogens (tertiary/aromatic N) is 1. The van der Waals surface area contributed by atoms with Crippen LogP contribution in [-0.2, 0) is 0 Å². The Morgan fingerprint density at radius 2 is 1.84 bits per heavy atom. The monoisotopic (exact) mass is 372 g/mol. The summed E-state index contributed by atoms with van der Waals surface area (Å²) in [5, 5.41) is 13.5. The van der Waals surface area contributed by atoms with E-state index in [-0.39, 0.29) is 16.9 Å². The van der Waals surface area contributed by atoms with Crippen LogP contribution in [0.2, 0.25) is 0 Å². The normalized spacial score (nSPS) is 11.0. The molecule has 6 nitrogen and oxygen atoms in total. The van der Waals surface area contributed by atoms with E-state index in [0.29, 0.717) is 4.90 Å². The van der Waals surface area contributed by atoms with E-state index in [9.17, 15) is 28.1 Å². The van der Waals surface area contributed by atoms with Gasteiger partial charge in [0.1, 0.15) is 11.3 Å². The Labute approximate surface area is 144 Å². The number of hydrogen-bond acceptors (Lipinski definition) is 5. The third kappa shape index (κ3) is 5.11. The lowest BCUT2D eigenvalue weighted by atomic mass is 10.1. The SMILES string of the molecule is CSc1ccc([N+](=O)[O-])c(C(=O)Nc2ccc(OC(F)(F)F)cc2)c1. The molecule has 0 heterocycles. The molecule has 2 aromatic carbocycles. The highest BCUT2D eigenvalue weighted by atomic mass is 32.2. The van der Waals surface area contributed by atoms with Gasteiger partial charge in [0.05, 0.1) is 4.92 Å². The molecule has 0 saturated carbocycles. The molecular formula is C15H11F3N2O4S. The van der Waals surface area contributed by atoms with Crippen molar-refractivity contribution in [3.05, 3.63) is 58.1 Å². The fourth-order valence-electron chi connectivity index (χ4n) is 1.92. The number of nitro benzene ring substituents is 1. The number of amides is 1. The first-order valence-corrected chi connectivity index (χ1v) is 7.91. The molecule has 0 unspecified atom stereocenters. The van der Waals surface area contributed by atoms with Crippen LogP contribution in [0.3, 0.4) is 0 Å². The lowest BCUT2D eigenvalue weighted by Gasteiger charge is -2.10. The minimum atomic E-state index is -4.82. The van der Waals surface area contributed by atoms with Crippen molar-refractivity contribution in [2.24, 2.45) is 0 Å². The van der Waals surface area contributed by atoms with Crippen LogP contribution < -0.4 is 10.1 Å². The van der Waals surface area contributed by atoms with Gasteiger partial charge < -0.3 is 10.1 Å². The Balaban J connectivity index is 2.21. The van der Waals surface area contributed by atoms with Gasteiger partial charge in [-0.25, -0.2) is 0 Å². The van der Waals surface area contributed by atoms with E-state index in [1.165, 1.54) is 42.1 Å². The number of anilines is 1. The van der Waals surface area contributed by atoms with Crippen molar-refractivity contribution in [1.82, 2.24) is 0 Å². The van der Waals surface area contributed by atoms with Gasteiger partial charge in [-0.15, -0.1) is 24.9 Å². The third-order valence-electron chi connectivity index (χ3n) is 2.99. The number of hydrogen-bond donors (Lipinski definition) is 1. The summed E-state index contributed by atoms with van der Waals surface area (Å²) in [7, 11) is 0. The molecule has 2 rings (SSSR count). The summed E-state index contributed by atoms with van der Waals surface area (Å²) in [6.07, 6.45) is -3.06. The van der Waals surface area contributed by atoms with Crippen molar-refractivity contribution in [2.45, 2.75) is 11.3 Å². The van der Waals surface area contributed by atoms with Crippen LogP contribution in [0.15, 0.2) is 47.4 Å². The quantitative estimate of drug-likeness (QED) is 0.476. The van der Waals surface area contributed by atoms with Gasteiger partial charge in [0.2, 0.25) is 0 Å². The van der Waals surface area contributed by atoms with Gasteiger partial charge >= 0.3 is 6.36 Å². The van der Waals surface area contributed by atoms with E-state index >= 15 is 0 Å². The number of alkyl halides is 3. The standard InChI is InChI=1S/C15H11F3N2O4S/c1-25-11-6-7-13(20(22)23)12(8-11)14(21)19-9-2-4-10(5-3-9)24-15(16,17)18/h2-8H,1H3,(H,19,21). The number of carbonyl (C=O) groups excluding carboxylic acids is 1. The van der Waals surface area contributed by atoms with Crippen molar-refractivity contribution in [3.63, 3.8) is 0 Å². The van der Waals surface area contributed by atoms with E-state index in [0.717, 1.165) is 12.1 Å². The molecule has 0 aromatic heterocycles. The molecule has 0 fully saturated rings. The molecule has 1 N–H and O–H groups in total. The molecule has 10 heteroatoms. The van der Waals surface area contributed by atoms with Crippen LogP contribution in [-0.4, -0.2) is 23.4 Å². The predicted octanol–water partition coefficient (Wildman–Crippen LogP) is 4.47. The molecule has 0 atom stereocenters. The first-order chi connectivity index (χ1) is 11.7. The van der Waals surface area contributed by atoms with Crippen molar-refractivity contribution < 1.29 is 27.6 Å². The first-order valence-electron chi connectivity index (χ1n) is 6.69. The molecule has 0 radical (unpaired) electrons. The van der Waals surface area contributed by atoms with Crippen LogP contribution >= 0.6 is 11.8 Å². The Hall–Kier alpha value is -2.75. The second-order valence-electron chi connectivity index (χ2n) is 4.67. The van der Waals surface area contributed by atoms with Crippen molar-refractivity contribution in [1.29, 1.82) is 0 Å². The molecule has 1 amide bonds. The number of nitrogens with one attached hydrogen (secondary N) is 1. The second-order valence-corrected chi connectivity index (χ2v) is 5.55. The molecule has 0 aliphatic rings. The van der Waals surface area contributed by atoms with Crippen molar-refractivity contribution in [3.8, 4) is 5.75 Å². The summed E-state index contributed by atoms with van der Waals surface area (Å²) >= 11 is 1.31. The van der Waals surface area contributed by atoms with E-state index in [1.807, 2.05) is 0 Å². The van der Waals surface area contributed by atoms with E-state index in [4.69, 9.17) is 0 Å². The Morgan fingerprint density at radius 1 is 1.20 bits per heavy atom. The fraction of sp³-hybridized carbons (Fsp3) is 0.133. The molecule has 2 aromatic rings. The van der Waals surface area contributed by atoms with Gasteiger partial charge in [0.25, 0.3) is 11.6 Å². The summed E-state index contributed by atoms with van der Waals surface area (Å²) in [5.41, 5.74) is -0.344. The van der Waals surface area contributed by atoms with E-state index in [2.05, 4.69) is 10.1 Å². The van der Waals surface area contributed by atoms with Gasteiger partial charge in [-0.3, -0.25) is 14.9 Å². The molecule has 25 heavy (non-hydrogen) atoms. The highest BCUT2D eigenvalue weighted by Gasteiger charge is 2.31. The molecular weight excluding hydrogens is 361 g/mol. The van der Waals surface area contributed by atoms with Gasteiger partial charge in [0, 0.05) is 16.6 Å². The van der Waals surface area contributed by atoms with Crippen LogP contribution in [0, 0.1) is 10.1 Å². The molecule has 132 valence electrons. The maximum Gasteiger partial charge on any atom is 0.573 e. The van der Waals surface area contributed by atoms with Crippen LogP contribution in [0.25, 0.3) is 0 Å².